The summed E-state index contributed by atoms with van der Waals surface area (Å²) in [6, 6.07) is 0. The zero-order chi connectivity index (χ0) is 13.6. The molecule has 0 aliphatic carbocycles. The molecule has 0 bridgehead atoms. The van der Waals surface area contributed by atoms with E-state index >= 15 is 0 Å². The van der Waals surface area contributed by atoms with Crippen LogP contribution in [0.3, 0.4) is 0 Å². The van der Waals surface area contributed by atoms with Gasteiger partial charge < -0.3 is 0 Å². The third-order valence-corrected chi connectivity index (χ3v) is 45.9. The van der Waals surface area contributed by atoms with Crippen LogP contribution in [0.25, 0.3) is 0 Å². The second kappa shape index (κ2) is 15.0. The van der Waals surface area contributed by atoms with Crippen molar-refractivity contribution in [2.75, 3.05) is 0 Å². The average molecular weight is 472 g/mol. The van der Waals surface area contributed by atoms with Crippen LogP contribution in [0.4, 0.5) is 0 Å². The SMILES string of the molecule is CCC[CH2][Sb]([CH2]CCC)[Sb]([CH2]CCC)[CH2]CCC. The number of hydrogen-bond donors (Lipinski definition) is 0. The van der Waals surface area contributed by atoms with Gasteiger partial charge in [-0.25, -0.2) is 0 Å². The van der Waals surface area contributed by atoms with Gasteiger partial charge in [-0.1, -0.05) is 0 Å². The van der Waals surface area contributed by atoms with E-state index in [0.717, 1.165) is 0 Å². The minimum atomic E-state index is -0.737. The topological polar surface area (TPSA) is 0 Å². The third kappa shape index (κ3) is 10.4. The van der Waals surface area contributed by atoms with Gasteiger partial charge >= 0.3 is 129 Å². The van der Waals surface area contributed by atoms with Gasteiger partial charge in [0.1, 0.15) is 0 Å². The summed E-state index contributed by atoms with van der Waals surface area (Å²) in [7, 11) is 0. The van der Waals surface area contributed by atoms with Crippen LogP contribution in [0.2, 0.25) is 17.5 Å². The zero-order valence-corrected chi connectivity index (χ0v) is 18.5. The van der Waals surface area contributed by atoms with Gasteiger partial charge in [0.2, 0.25) is 0 Å². The molecule has 0 nitrogen and oxygen atoms in total. The standard InChI is InChI=1S/4C4H9.2Sb/c4*1-3-4-2;;/h4*1,3-4H2,2H3;;. The van der Waals surface area contributed by atoms with Crippen molar-refractivity contribution in [2.45, 2.75) is 96.5 Å². The van der Waals surface area contributed by atoms with E-state index in [4.69, 9.17) is 0 Å². The molecule has 2 heteroatoms. The van der Waals surface area contributed by atoms with E-state index < -0.39 is 32.1 Å². The maximum atomic E-state index is 2.39. The summed E-state index contributed by atoms with van der Waals surface area (Å²) in [4.78, 5) is 0. The second-order valence-electron chi connectivity index (χ2n) is 5.32. The van der Waals surface area contributed by atoms with E-state index in [9.17, 15) is 0 Å². The first-order valence-electron chi connectivity index (χ1n) is 8.29. The molecule has 0 aliphatic rings. The Morgan fingerprint density at radius 2 is 0.667 bits per heavy atom. The predicted octanol–water partition coefficient (Wildman–Crippen LogP) is 6.25. The van der Waals surface area contributed by atoms with E-state index in [1.807, 2.05) is 0 Å². The fourth-order valence-electron chi connectivity index (χ4n) is 2.15. The van der Waals surface area contributed by atoms with Crippen LogP contribution in [0.5, 0.6) is 0 Å². The summed E-state index contributed by atoms with van der Waals surface area (Å²) >= 11 is -1.47. The van der Waals surface area contributed by atoms with Gasteiger partial charge in [-0.2, -0.15) is 0 Å². The fraction of sp³-hybridized carbons (Fsp3) is 1.00. The average Bonchev–Trinajstić information content (AvgIpc) is 2.40. The summed E-state index contributed by atoms with van der Waals surface area (Å²) in [5, 5.41) is 0. The van der Waals surface area contributed by atoms with Crippen molar-refractivity contribution in [1.29, 1.82) is 0 Å². The molecule has 0 N–H and O–H groups in total. The molecule has 0 amide bonds. The molecule has 0 atom stereocenters. The molecule has 18 heavy (non-hydrogen) atoms. The number of rotatable bonds is 13. The second-order valence-corrected chi connectivity index (χ2v) is 37.9. The van der Waals surface area contributed by atoms with Crippen LogP contribution in [-0.4, -0.2) is 32.1 Å². The van der Waals surface area contributed by atoms with E-state index in [1.54, 1.807) is 43.2 Å². The Morgan fingerprint density at radius 1 is 0.444 bits per heavy atom. The van der Waals surface area contributed by atoms with E-state index in [0.29, 0.717) is 0 Å². The van der Waals surface area contributed by atoms with Crippen molar-refractivity contribution in [3.8, 4) is 0 Å². The van der Waals surface area contributed by atoms with E-state index in [-0.39, 0.29) is 0 Å². The van der Waals surface area contributed by atoms with Crippen LogP contribution in [-0.2, 0) is 0 Å². The molecule has 0 aromatic rings. The summed E-state index contributed by atoms with van der Waals surface area (Å²) in [5.74, 6) is 0. The summed E-state index contributed by atoms with van der Waals surface area (Å²) < 4.78 is 7.04. The van der Waals surface area contributed by atoms with Gasteiger partial charge in [0, 0.05) is 0 Å². The fourth-order valence-corrected chi connectivity index (χ4v) is 46.9. The van der Waals surface area contributed by atoms with Gasteiger partial charge in [0.15, 0.2) is 0 Å². The molecule has 0 aromatic heterocycles. The maximum absolute atomic E-state index is 2.39. The molecular formula is C16H36Sb2. The first kappa shape index (κ1) is 19.6. The van der Waals surface area contributed by atoms with E-state index in [2.05, 4.69) is 27.7 Å². The monoisotopic (exact) mass is 470 g/mol. The Bertz CT molecular complexity index is 125. The van der Waals surface area contributed by atoms with Crippen molar-refractivity contribution in [1.82, 2.24) is 0 Å². The molecule has 0 aromatic carbocycles. The Labute approximate surface area is 127 Å². The Hall–Kier alpha value is 1.64. The molecule has 0 fully saturated rings. The molecule has 0 saturated heterocycles. The molecular weight excluding hydrogens is 436 g/mol. The number of hydrogen-bond acceptors (Lipinski definition) is 0. The first-order valence-corrected chi connectivity index (χ1v) is 24.3. The predicted molar refractivity (Wildman–Crippen MR) is 90.4 cm³/mol. The Morgan fingerprint density at radius 3 is 0.833 bits per heavy atom. The Balaban J connectivity index is 4.27. The number of unbranched alkanes of at least 4 members (excludes halogenated alkanes) is 4. The zero-order valence-electron chi connectivity index (χ0n) is 13.4. The summed E-state index contributed by atoms with van der Waals surface area (Å²) in [5.41, 5.74) is 0. The molecule has 0 aliphatic heterocycles. The van der Waals surface area contributed by atoms with Gasteiger partial charge in [0.05, 0.1) is 0 Å². The van der Waals surface area contributed by atoms with Gasteiger partial charge in [0.25, 0.3) is 0 Å². The van der Waals surface area contributed by atoms with Crippen LogP contribution in [0, 0.1) is 0 Å². The van der Waals surface area contributed by atoms with Gasteiger partial charge in [-0.05, 0) is 0 Å². The van der Waals surface area contributed by atoms with Crippen molar-refractivity contribution in [2.24, 2.45) is 0 Å². The molecule has 0 unspecified atom stereocenters. The van der Waals surface area contributed by atoms with Crippen LogP contribution in [0.1, 0.15) is 79.1 Å². The third-order valence-electron chi connectivity index (χ3n) is 3.48. The summed E-state index contributed by atoms with van der Waals surface area (Å²) in [6.45, 7) is 9.55. The van der Waals surface area contributed by atoms with Crippen LogP contribution in [0.15, 0.2) is 0 Å². The molecule has 0 heterocycles. The van der Waals surface area contributed by atoms with Crippen molar-refractivity contribution < 1.29 is 0 Å². The van der Waals surface area contributed by atoms with Gasteiger partial charge in [-0.3, -0.25) is 0 Å². The molecule has 110 valence electrons. The molecule has 0 saturated carbocycles. The van der Waals surface area contributed by atoms with Crippen LogP contribution >= 0.6 is 0 Å². The molecule has 0 radical (unpaired) electrons. The van der Waals surface area contributed by atoms with Gasteiger partial charge in [-0.15, -0.1) is 0 Å². The molecule has 0 rings (SSSR count). The first-order chi connectivity index (χ1) is 8.79. The normalized spacial score (nSPS) is 11.7. The van der Waals surface area contributed by atoms with Crippen molar-refractivity contribution in [3.63, 3.8) is 0 Å². The summed E-state index contributed by atoms with van der Waals surface area (Å²) in [6.07, 6.45) is 12.1. The quantitative estimate of drug-likeness (QED) is 0.278. The molecule has 0 spiro atoms. The van der Waals surface area contributed by atoms with Crippen molar-refractivity contribution in [3.05, 3.63) is 0 Å². The van der Waals surface area contributed by atoms with Crippen molar-refractivity contribution >= 4 is 32.1 Å². The minimum absolute atomic E-state index is 0.737. The Kier molecular flexibility index (Phi) is 16.4. The van der Waals surface area contributed by atoms with E-state index in [1.165, 1.54) is 25.7 Å². The van der Waals surface area contributed by atoms with Crippen LogP contribution < -0.4 is 0 Å².